The second-order valence-electron chi connectivity index (χ2n) is 2.97. The highest BCUT2D eigenvalue weighted by Crippen LogP contribution is 2.18. The number of rotatable bonds is 2. The van der Waals surface area contributed by atoms with Crippen LogP contribution in [0.3, 0.4) is 0 Å². The van der Waals surface area contributed by atoms with Crippen LogP contribution >= 0.6 is 0 Å². The molecule has 2 aromatic rings. The second kappa shape index (κ2) is 3.49. The van der Waals surface area contributed by atoms with Gasteiger partial charge in [-0.25, -0.2) is 4.98 Å². The van der Waals surface area contributed by atoms with E-state index >= 15 is 0 Å². The van der Waals surface area contributed by atoms with E-state index in [0.29, 0.717) is 5.88 Å². The molecule has 14 heavy (non-hydrogen) atoms. The first kappa shape index (κ1) is 8.74. The molecule has 0 N–H and O–H groups in total. The molecule has 2 aromatic heterocycles. The van der Waals surface area contributed by atoms with E-state index in [9.17, 15) is 0 Å². The third kappa shape index (κ3) is 1.59. The molecule has 0 aliphatic rings. The molecule has 0 unspecified atom stereocenters. The summed E-state index contributed by atoms with van der Waals surface area (Å²) in [6.45, 7) is 0. The summed E-state index contributed by atoms with van der Waals surface area (Å²) in [7, 11) is 3.49. The summed E-state index contributed by atoms with van der Waals surface area (Å²) < 4.78 is 6.79. The average Bonchev–Trinajstić information content (AvgIpc) is 2.65. The first-order valence-electron chi connectivity index (χ1n) is 4.29. The van der Waals surface area contributed by atoms with Gasteiger partial charge in [-0.05, 0) is 6.07 Å². The third-order valence-corrected chi connectivity index (χ3v) is 1.93. The largest absolute Gasteiger partial charge is 0.481 e. The van der Waals surface area contributed by atoms with Crippen LogP contribution in [0.1, 0.15) is 0 Å². The SMILES string of the molecule is COc1cccc(-c2cnn(C)c2)n1. The topological polar surface area (TPSA) is 39.9 Å². The summed E-state index contributed by atoms with van der Waals surface area (Å²) in [6.07, 6.45) is 3.70. The number of hydrogen-bond donors (Lipinski definition) is 0. The predicted molar refractivity (Wildman–Crippen MR) is 53.0 cm³/mol. The minimum absolute atomic E-state index is 0.617. The number of aromatic nitrogens is 3. The van der Waals surface area contributed by atoms with Crippen molar-refractivity contribution in [3.63, 3.8) is 0 Å². The fourth-order valence-corrected chi connectivity index (χ4v) is 1.24. The number of nitrogens with zero attached hydrogens (tertiary/aromatic N) is 3. The molecular formula is C10H11N3O. The van der Waals surface area contributed by atoms with Gasteiger partial charge >= 0.3 is 0 Å². The van der Waals surface area contributed by atoms with Gasteiger partial charge in [0.15, 0.2) is 0 Å². The number of aryl methyl sites for hydroxylation is 1. The van der Waals surface area contributed by atoms with Crippen molar-refractivity contribution in [1.29, 1.82) is 0 Å². The van der Waals surface area contributed by atoms with Gasteiger partial charge in [-0.1, -0.05) is 6.07 Å². The van der Waals surface area contributed by atoms with Crippen molar-refractivity contribution in [2.45, 2.75) is 0 Å². The molecule has 2 heterocycles. The fourth-order valence-electron chi connectivity index (χ4n) is 1.24. The number of methoxy groups -OCH3 is 1. The van der Waals surface area contributed by atoms with Crippen molar-refractivity contribution >= 4 is 0 Å². The van der Waals surface area contributed by atoms with Crippen LogP contribution in [0.15, 0.2) is 30.6 Å². The van der Waals surface area contributed by atoms with Crippen LogP contribution in [-0.2, 0) is 7.05 Å². The lowest BCUT2D eigenvalue weighted by atomic mass is 10.2. The predicted octanol–water partition coefficient (Wildman–Crippen LogP) is 1.49. The molecule has 0 atom stereocenters. The molecular weight excluding hydrogens is 178 g/mol. The van der Waals surface area contributed by atoms with E-state index in [1.165, 1.54) is 0 Å². The number of pyridine rings is 1. The first-order valence-corrected chi connectivity index (χ1v) is 4.29. The molecule has 0 spiro atoms. The molecule has 72 valence electrons. The minimum Gasteiger partial charge on any atom is -0.481 e. The lowest BCUT2D eigenvalue weighted by molar-refractivity contribution is 0.398. The van der Waals surface area contributed by atoms with Gasteiger partial charge in [-0.2, -0.15) is 5.10 Å². The van der Waals surface area contributed by atoms with Gasteiger partial charge in [0.05, 0.1) is 19.0 Å². The zero-order valence-electron chi connectivity index (χ0n) is 8.14. The summed E-state index contributed by atoms with van der Waals surface area (Å²) in [6, 6.07) is 5.66. The Morgan fingerprint density at radius 2 is 2.21 bits per heavy atom. The van der Waals surface area contributed by atoms with Gasteiger partial charge in [-0.15, -0.1) is 0 Å². The van der Waals surface area contributed by atoms with Crippen LogP contribution in [-0.4, -0.2) is 21.9 Å². The van der Waals surface area contributed by atoms with Gasteiger partial charge in [0.1, 0.15) is 0 Å². The van der Waals surface area contributed by atoms with Crippen molar-refractivity contribution < 1.29 is 4.74 Å². The Hall–Kier alpha value is -1.84. The van der Waals surface area contributed by atoms with Crippen LogP contribution in [0.25, 0.3) is 11.3 Å². The van der Waals surface area contributed by atoms with Gasteiger partial charge in [0, 0.05) is 24.9 Å². The quantitative estimate of drug-likeness (QED) is 0.718. The van der Waals surface area contributed by atoms with Crippen LogP contribution in [0.5, 0.6) is 5.88 Å². The molecule has 0 amide bonds. The van der Waals surface area contributed by atoms with Crippen molar-refractivity contribution in [3.8, 4) is 17.1 Å². The Kier molecular flexibility index (Phi) is 2.18. The third-order valence-electron chi connectivity index (χ3n) is 1.93. The molecule has 0 bridgehead atoms. The number of hydrogen-bond acceptors (Lipinski definition) is 3. The lowest BCUT2D eigenvalue weighted by Gasteiger charge is -2.00. The zero-order chi connectivity index (χ0) is 9.97. The maximum atomic E-state index is 5.04. The second-order valence-corrected chi connectivity index (χ2v) is 2.97. The molecule has 4 heteroatoms. The van der Waals surface area contributed by atoms with E-state index in [1.807, 2.05) is 31.4 Å². The first-order chi connectivity index (χ1) is 6.79. The normalized spacial score (nSPS) is 10.1. The lowest BCUT2D eigenvalue weighted by Crippen LogP contribution is -1.88. The molecule has 0 saturated carbocycles. The van der Waals surface area contributed by atoms with E-state index in [-0.39, 0.29) is 0 Å². The van der Waals surface area contributed by atoms with Crippen molar-refractivity contribution in [2.24, 2.45) is 7.05 Å². The van der Waals surface area contributed by atoms with E-state index < -0.39 is 0 Å². The van der Waals surface area contributed by atoms with E-state index in [4.69, 9.17) is 4.74 Å². The fraction of sp³-hybridized carbons (Fsp3) is 0.200. The van der Waals surface area contributed by atoms with Crippen molar-refractivity contribution in [3.05, 3.63) is 30.6 Å². The molecule has 0 aliphatic heterocycles. The smallest absolute Gasteiger partial charge is 0.213 e. The minimum atomic E-state index is 0.617. The highest BCUT2D eigenvalue weighted by Gasteiger charge is 2.02. The molecule has 0 saturated heterocycles. The van der Waals surface area contributed by atoms with Gasteiger partial charge in [0.2, 0.25) is 5.88 Å². The van der Waals surface area contributed by atoms with Crippen LogP contribution < -0.4 is 4.74 Å². The van der Waals surface area contributed by atoms with Crippen LogP contribution in [0.4, 0.5) is 0 Å². The highest BCUT2D eigenvalue weighted by atomic mass is 16.5. The zero-order valence-corrected chi connectivity index (χ0v) is 8.14. The molecule has 0 fully saturated rings. The monoisotopic (exact) mass is 189 g/mol. The number of ether oxygens (including phenoxy) is 1. The van der Waals surface area contributed by atoms with Crippen LogP contribution in [0.2, 0.25) is 0 Å². The van der Waals surface area contributed by atoms with E-state index in [1.54, 1.807) is 18.0 Å². The standard InChI is InChI=1S/C10H11N3O/c1-13-7-8(6-11-13)9-4-3-5-10(12-9)14-2/h3-7H,1-2H3. The molecule has 0 aromatic carbocycles. The highest BCUT2D eigenvalue weighted by molar-refractivity contribution is 5.57. The summed E-state index contributed by atoms with van der Waals surface area (Å²) >= 11 is 0. The Morgan fingerprint density at radius 1 is 1.36 bits per heavy atom. The molecule has 0 radical (unpaired) electrons. The summed E-state index contributed by atoms with van der Waals surface area (Å²) in [4.78, 5) is 4.30. The van der Waals surface area contributed by atoms with Crippen molar-refractivity contribution in [1.82, 2.24) is 14.8 Å². The van der Waals surface area contributed by atoms with E-state index in [0.717, 1.165) is 11.3 Å². The maximum Gasteiger partial charge on any atom is 0.213 e. The summed E-state index contributed by atoms with van der Waals surface area (Å²) in [5, 5.41) is 4.08. The van der Waals surface area contributed by atoms with Gasteiger partial charge in [-0.3, -0.25) is 4.68 Å². The Labute approximate surface area is 82.2 Å². The van der Waals surface area contributed by atoms with Crippen molar-refractivity contribution in [2.75, 3.05) is 7.11 Å². The van der Waals surface area contributed by atoms with Gasteiger partial charge < -0.3 is 4.74 Å². The summed E-state index contributed by atoms with van der Waals surface area (Å²) in [5.41, 5.74) is 1.86. The molecule has 4 nitrogen and oxygen atoms in total. The molecule has 2 rings (SSSR count). The summed E-state index contributed by atoms with van der Waals surface area (Å²) in [5.74, 6) is 0.617. The Balaban J connectivity index is 2.41. The maximum absolute atomic E-state index is 5.04. The molecule has 0 aliphatic carbocycles. The van der Waals surface area contributed by atoms with E-state index in [2.05, 4.69) is 10.1 Å². The Bertz CT molecular complexity index is 436. The van der Waals surface area contributed by atoms with Gasteiger partial charge in [0.25, 0.3) is 0 Å². The Morgan fingerprint density at radius 3 is 2.86 bits per heavy atom. The average molecular weight is 189 g/mol. The van der Waals surface area contributed by atoms with Crippen LogP contribution in [0, 0.1) is 0 Å².